The number of hydrogen-bond donors (Lipinski definition) is 3. The summed E-state index contributed by atoms with van der Waals surface area (Å²) in [5, 5.41) is 22.6. The zero-order chi connectivity index (χ0) is 14.3. The second-order valence-electron chi connectivity index (χ2n) is 5.62. The quantitative estimate of drug-likeness (QED) is 0.335. The van der Waals surface area contributed by atoms with E-state index in [-0.39, 0.29) is 11.9 Å². The minimum atomic E-state index is -0.212. The van der Waals surface area contributed by atoms with Gasteiger partial charge in [-0.05, 0) is 37.0 Å². The van der Waals surface area contributed by atoms with Gasteiger partial charge in [0, 0.05) is 35.3 Å². The Morgan fingerprint density at radius 1 is 1.35 bits per heavy atom. The zero-order valence-electron chi connectivity index (χ0n) is 11.0. The highest BCUT2D eigenvalue weighted by molar-refractivity contribution is 6.31. The molecule has 6 heteroatoms. The van der Waals surface area contributed by atoms with Crippen LogP contribution in [0.1, 0.15) is 18.4 Å². The van der Waals surface area contributed by atoms with Crippen LogP contribution in [0.3, 0.4) is 0 Å². The Balaban J connectivity index is 1.93. The number of halogens is 1. The average molecular weight is 296 g/mol. The van der Waals surface area contributed by atoms with E-state index in [1.165, 1.54) is 0 Å². The Hall–Kier alpha value is -1.46. The van der Waals surface area contributed by atoms with Gasteiger partial charge in [-0.15, -0.1) is 0 Å². The van der Waals surface area contributed by atoms with Crippen molar-refractivity contribution < 1.29 is 10.3 Å². The fraction of sp³-hybridized carbons (Fsp3) is 0.500. The predicted molar refractivity (Wildman–Crippen MR) is 78.4 cm³/mol. The second kappa shape index (κ2) is 5.14. The molecule has 1 saturated carbocycles. The smallest absolute Gasteiger partial charge is 0.172 e. The topological polar surface area (TPSA) is 82.1 Å². The number of hydrogen-bond acceptors (Lipinski definition) is 4. The molecule has 0 radical (unpaired) electrons. The minimum absolute atomic E-state index is 0.0780. The summed E-state index contributed by atoms with van der Waals surface area (Å²) in [5.41, 5.74) is 7.28. The molecule has 20 heavy (non-hydrogen) atoms. The first-order chi connectivity index (χ1) is 9.60. The maximum absolute atomic E-state index is 10.0. The summed E-state index contributed by atoms with van der Waals surface area (Å²) in [5.74, 6) is 0.910. The lowest BCUT2D eigenvalue weighted by Crippen LogP contribution is -2.27. The third-order valence-electron chi connectivity index (χ3n) is 4.50. The molecular formula is C14H18ClN3O2. The van der Waals surface area contributed by atoms with Crippen LogP contribution < -0.4 is 10.6 Å². The molecule has 108 valence electrons. The molecule has 1 aromatic rings. The van der Waals surface area contributed by atoms with Gasteiger partial charge < -0.3 is 20.9 Å². The van der Waals surface area contributed by atoms with E-state index in [9.17, 15) is 5.11 Å². The van der Waals surface area contributed by atoms with Crippen LogP contribution in [0.15, 0.2) is 23.4 Å². The van der Waals surface area contributed by atoms with Gasteiger partial charge in [-0.1, -0.05) is 16.8 Å². The fourth-order valence-electron chi connectivity index (χ4n) is 3.47. The molecule has 5 nitrogen and oxygen atoms in total. The molecule has 0 aromatic heterocycles. The lowest BCUT2D eigenvalue weighted by atomic mass is 10.00. The van der Waals surface area contributed by atoms with E-state index >= 15 is 0 Å². The van der Waals surface area contributed by atoms with Crippen LogP contribution in [0.25, 0.3) is 0 Å². The zero-order valence-corrected chi connectivity index (χ0v) is 11.8. The van der Waals surface area contributed by atoms with Crippen LogP contribution in [0.2, 0.25) is 5.02 Å². The van der Waals surface area contributed by atoms with Crippen LogP contribution in [0.4, 0.5) is 5.69 Å². The number of benzene rings is 1. The molecule has 1 saturated heterocycles. The number of oxime groups is 1. The molecule has 1 aliphatic heterocycles. The van der Waals surface area contributed by atoms with Crippen molar-refractivity contribution in [3.8, 4) is 0 Å². The van der Waals surface area contributed by atoms with Crippen molar-refractivity contribution in [3.05, 3.63) is 28.8 Å². The third kappa shape index (κ3) is 2.21. The van der Waals surface area contributed by atoms with Crippen molar-refractivity contribution in [2.24, 2.45) is 22.7 Å². The van der Waals surface area contributed by atoms with Gasteiger partial charge in [0.25, 0.3) is 0 Å². The van der Waals surface area contributed by atoms with Crippen molar-refractivity contribution in [2.75, 3.05) is 18.0 Å². The van der Waals surface area contributed by atoms with Gasteiger partial charge in [0.15, 0.2) is 5.84 Å². The molecule has 0 spiro atoms. The number of nitrogens with zero attached hydrogens (tertiary/aromatic N) is 2. The number of fused-ring (bicyclic) bond motifs is 1. The van der Waals surface area contributed by atoms with Gasteiger partial charge in [0.05, 0.1) is 6.10 Å². The Morgan fingerprint density at radius 3 is 2.85 bits per heavy atom. The summed E-state index contributed by atoms with van der Waals surface area (Å²) in [6.45, 7) is 1.67. The van der Waals surface area contributed by atoms with Gasteiger partial charge in [0.1, 0.15) is 0 Å². The molecular weight excluding hydrogens is 278 g/mol. The Labute approximate surface area is 122 Å². The van der Waals surface area contributed by atoms with Gasteiger partial charge in [-0.2, -0.15) is 0 Å². The predicted octanol–water partition coefficient (Wildman–Crippen LogP) is 1.64. The lowest BCUT2D eigenvalue weighted by Gasteiger charge is -2.23. The normalized spacial score (nSPS) is 29.8. The van der Waals surface area contributed by atoms with E-state index in [1.54, 1.807) is 12.1 Å². The van der Waals surface area contributed by atoms with Crippen LogP contribution in [0, 0.1) is 11.8 Å². The summed E-state index contributed by atoms with van der Waals surface area (Å²) in [6.07, 6.45) is 1.74. The molecule has 1 aromatic carbocycles. The Bertz CT molecular complexity index is 549. The van der Waals surface area contributed by atoms with E-state index in [4.69, 9.17) is 22.5 Å². The second-order valence-corrected chi connectivity index (χ2v) is 6.06. The third-order valence-corrected chi connectivity index (χ3v) is 4.74. The maximum Gasteiger partial charge on any atom is 0.172 e. The number of anilines is 1. The van der Waals surface area contributed by atoms with Crippen LogP contribution in [-0.4, -0.2) is 35.3 Å². The lowest BCUT2D eigenvalue weighted by molar-refractivity contribution is 0.133. The van der Waals surface area contributed by atoms with Crippen LogP contribution in [-0.2, 0) is 0 Å². The van der Waals surface area contributed by atoms with Gasteiger partial charge in [-0.3, -0.25) is 0 Å². The van der Waals surface area contributed by atoms with Crippen molar-refractivity contribution in [1.82, 2.24) is 0 Å². The highest BCUT2D eigenvalue weighted by Gasteiger charge is 2.42. The van der Waals surface area contributed by atoms with E-state index < -0.39 is 0 Å². The molecule has 0 bridgehead atoms. The largest absolute Gasteiger partial charge is 0.409 e. The molecule has 3 atom stereocenters. The van der Waals surface area contributed by atoms with Gasteiger partial charge in [0.2, 0.25) is 0 Å². The first-order valence-corrected chi connectivity index (χ1v) is 7.18. The van der Waals surface area contributed by atoms with E-state index in [0.29, 0.717) is 22.4 Å². The molecule has 2 aliphatic rings. The van der Waals surface area contributed by atoms with Crippen LogP contribution in [0.5, 0.6) is 0 Å². The Morgan fingerprint density at radius 2 is 2.15 bits per heavy atom. The number of rotatable bonds is 2. The van der Waals surface area contributed by atoms with Crippen molar-refractivity contribution in [2.45, 2.75) is 18.9 Å². The Kier molecular flexibility index (Phi) is 3.48. The molecule has 0 amide bonds. The summed E-state index contributed by atoms with van der Waals surface area (Å²) in [7, 11) is 0. The number of aliphatic hydroxyl groups excluding tert-OH is 1. The van der Waals surface area contributed by atoms with Crippen molar-refractivity contribution in [3.63, 3.8) is 0 Å². The molecule has 2 fully saturated rings. The number of amidine groups is 1. The first-order valence-electron chi connectivity index (χ1n) is 6.80. The highest BCUT2D eigenvalue weighted by atomic mass is 35.5. The van der Waals surface area contributed by atoms with Crippen molar-refractivity contribution in [1.29, 1.82) is 0 Å². The molecule has 1 heterocycles. The summed E-state index contributed by atoms with van der Waals surface area (Å²) < 4.78 is 0. The SMILES string of the molecule is N/C(=N/O)c1ccc(Cl)cc1N1CC2CCC(O)C2C1. The van der Waals surface area contributed by atoms with E-state index in [1.807, 2.05) is 6.07 Å². The highest BCUT2D eigenvalue weighted by Crippen LogP contribution is 2.41. The summed E-state index contributed by atoms with van der Waals surface area (Å²) >= 11 is 6.07. The van der Waals surface area contributed by atoms with Crippen molar-refractivity contribution >= 4 is 23.1 Å². The molecule has 3 unspecified atom stereocenters. The standard InChI is InChI=1S/C14H18ClN3O2/c15-9-2-3-10(14(16)17-20)12(5-9)18-6-8-1-4-13(19)11(8)7-18/h2-3,5,8,11,13,19-20H,1,4,6-7H2,(H2,16,17). The summed E-state index contributed by atoms with van der Waals surface area (Å²) in [4.78, 5) is 2.18. The molecule has 1 aliphatic carbocycles. The van der Waals surface area contributed by atoms with Gasteiger partial charge >= 0.3 is 0 Å². The summed E-state index contributed by atoms with van der Waals surface area (Å²) in [6, 6.07) is 5.32. The molecule has 4 N–H and O–H groups in total. The maximum atomic E-state index is 10.0. The number of aliphatic hydroxyl groups is 1. The van der Waals surface area contributed by atoms with E-state index in [0.717, 1.165) is 31.6 Å². The van der Waals surface area contributed by atoms with Gasteiger partial charge in [-0.25, -0.2) is 0 Å². The number of nitrogens with two attached hydrogens (primary N) is 1. The van der Waals surface area contributed by atoms with E-state index in [2.05, 4.69) is 10.1 Å². The first kappa shape index (κ1) is 13.5. The fourth-order valence-corrected chi connectivity index (χ4v) is 3.64. The minimum Gasteiger partial charge on any atom is -0.409 e. The van der Waals surface area contributed by atoms with Crippen LogP contribution >= 0.6 is 11.6 Å². The monoisotopic (exact) mass is 295 g/mol. The molecule has 3 rings (SSSR count). The average Bonchev–Trinajstić information content (AvgIpc) is 3.00.